The molecule has 0 radical (unpaired) electrons. The van der Waals surface area contributed by atoms with E-state index in [1.165, 1.54) is 4.31 Å². The van der Waals surface area contributed by atoms with Gasteiger partial charge in [-0.1, -0.05) is 11.3 Å². The molecule has 1 N–H and O–H groups in total. The van der Waals surface area contributed by atoms with Gasteiger partial charge in [0, 0.05) is 31.9 Å². The summed E-state index contributed by atoms with van der Waals surface area (Å²) in [5.74, 6) is 0.794. The van der Waals surface area contributed by atoms with Gasteiger partial charge in [-0.3, -0.25) is 4.79 Å². The molecule has 1 aliphatic rings. The monoisotopic (exact) mass is 405 g/mol. The third-order valence-electron chi connectivity index (χ3n) is 4.71. The number of nitrogens with zero attached hydrogens (tertiary/aromatic N) is 2. The molecule has 1 aliphatic heterocycles. The fraction of sp³-hybridized carbons (Fsp3) is 0.278. The van der Waals surface area contributed by atoms with Crippen LogP contribution < -0.4 is 14.5 Å². The Balaban J connectivity index is 1.50. The van der Waals surface area contributed by atoms with E-state index in [9.17, 15) is 13.2 Å². The van der Waals surface area contributed by atoms with Crippen molar-refractivity contribution in [2.45, 2.75) is 4.90 Å². The van der Waals surface area contributed by atoms with Gasteiger partial charge >= 0.3 is 4.87 Å². The van der Waals surface area contributed by atoms with E-state index in [1.807, 2.05) is 24.3 Å². The zero-order valence-electron chi connectivity index (χ0n) is 14.7. The molecule has 1 saturated heterocycles. The van der Waals surface area contributed by atoms with Crippen LogP contribution in [-0.4, -0.2) is 51.0 Å². The Bertz CT molecular complexity index is 1110. The van der Waals surface area contributed by atoms with Crippen LogP contribution in [0.2, 0.25) is 0 Å². The van der Waals surface area contributed by atoms with Crippen molar-refractivity contribution < 1.29 is 13.2 Å². The van der Waals surface area contributed by atoms with Crippen molar-refractivity contribution in [3.05, 3.63) is 52.1 Å². The first kappa shape index (κ1) is 18.0. The summed E-state index contributed by atoms with van der Waals surface area (Å²) in [5.41, 5.74) is 1.71. The molecule has 27 heavy (non-hydrogen) atoms. The van der Waals surface area contributed by atoms with Gasteiger partial charge in [-0.15, -0.1) is 0 Å². The summed E-state index contributed by atoms with van der Waals surface area (Å²) in [4.78, 5) is 16.3. The number of ether oxygens (including phenoxy) is 1. The van der Waals surface area contributed by atoms with Crippen LogP contribution in [0.25, 0.3) is 10.2 Å². The third kappa shape index (κ3) is 3.45. The molecule has 1 aromatic heterocycles. The number of hydrogen-bond donors (Lipinski definition) is 1. The van der Waals surface area contributed by atoms with E-state index in [-0.39, 0.29) is 9.77 Å². The first-order valence-corrected chi connectivity index (χ1v) is 10.7. The van der Waals surface area contributed by atoms with Crippen molar-refractivity contribution in [1.82, 2.24) is 9.29 Å². The number of H-pyrrole nitrogens is 1. The molecule has 4 rings (SSSR count). The van der Waals surface area contributed by atoms with Crippen molar-refractivity contribution in [1.29, 1.82) is 0 Å². The number of hydrogen-bond acceptors (Lipinski definition) is 6. The van der Waals surface area contributed by atoms with Crippen molar-refractivity contribution in [2.75, 3.05) is 38.2 Å². The molecule has 1 fully saturated rings. The van der Waals surface area contributed by atoms with E-state index in [0.717, 1.165) is 22.8 Å². The van der Waals surface area contributed by atoms with Crippen LogP contribution in [0.15, 0.2) is 52.2 Å². The Kier molecular flexibility index (Phi) is 4.67. The highest BCUT2D eigenvalue weighted by molar-refractivity contribution is 7.89. The number of piperazine rings is 1. The predicted octanol–water partition coefficient (Wildman–Crippen LogP) is 2.11. The largest absolute Gasteiger partial charge is 0.497 e. The maximum Gasteiger partial charge on any atom is 0.305 e. The van der Waals surface area contributed by atoms with Crippen LogP contribution in [-0.2, 0) is 10.0 Å². The summed E-state index contributed by atoms with van der Waals surface area (Å²) in [7, 11) is -1.96. The number of nitrogens with one attached hydrogen (secondary N) is 1. The number of thiazole rings is 1. The molecule has 2 aromatic carbocycles. The van der Waals surface area contributed by atoms with Crippen LogP contribution in [0, 0.1) is 0 Å². The predicted molar refractivity (Wildman–Crippen MR) is 106 cm³/mol. The summed E-state index contributed by atoms with van der Waals surface area (Å²) in [5, 5.41) is 0. The zero-order chi connectivity index (χ0) is 19.0. The molecule has 9 heteroatoms. The smallest absolute Gasteiger partial charge is 0.305 e. The molecule has 0 atom stereocenters. The van der Waals surface area contributed by atoms with Gasteiger partial charge in [-0.2, -0.15) is 4.31 Å². The van der Waals surface area contributed by atoms with Crippen LogP contribution >= 0.6 is 11.3 Å². The lowest BCUT2D eigenvalue weighted by atomic mass is 10.2. The van der Waals surface area contributed by atoms with Crippen LogP contribution in [0.3, 0.4) is 0 Å². The number of benzene rings is 2. The Labute approximate surface area is 160 Å². The second kappa shape index (κ2) is 6.99. The highest BCUT2D eigenvalue weighted by atomic mass is 32.2. The van der Waals surface area contributed by atoms with Gasteiger partial charge < -0.3 is 14.6 Å². The molecule has 3 aromatic rings. The number of aromatic amines is 1. The maximum atomic E-state index is 13.0. The second-order valence-corrected chi connectivity index (χ2v) is 9.21. The molecule has 2 heterocycles. The van der Waals surface area contributed by atoms with Gasteiger partial charge in [0.2, 0.25) is 10.0 Å². The standard InChI is InChI=1S/C18H19N3O4S2/c1-25-14-4-2-13(3-5-14)20-8-10-21(11-9-20)27(23,24)15-6-7-16-17(12-15)26-18(22)19-16/h2-7,12H,8-11H2,1H3,(H,19,22). The maximum absolute atomic E-state index is 13.0. The number of rotatable bonds is 4. The van der Waals surface area contributed by atoms with E-state index in [0.29, 0.717) is 36.4 Å². The number of sulfonamides is 1. The molecule has 0 aliphatic carbocycles. The molecular formula is C18H19N3O4S2. The van der Waals surface area contributed by atoms with Gasteiger partial charge in [0.05, 0.1) is 22.2 Å². The Morgan fingerprint density at radius 3 is 2.41 bits per heavy atom. The van der Waals surface area contributed by atoms with E-state index in [4.69, 9.17) is 4.74 Å². The van der Waals surface area contributed by atoms with E-state index in [1.54, 1.807) is 25.3 Å². The fourth-order valence-electron chi connectivity index (χ4n) is 3.21. The summed E-state index contributed by atoms with van der Waals surface area (Å²) in [6.07, 6.45) is 0. The molecule has 0 amide bonds. The molecule has 0 unspecified atom stereocenters. The van der Waals surface area contributed by atoms with Crippen LogP contribution in [0.5, 0.6) is 5.75 Å². The highest BCUT2D eigenvalue weighted by Crippen LogP contribution is 2.25. The quantitative estimate of drug-likeness (QED) is 0.719. The first-order valence-electron chi connectivity index (χ1n) is 8.49. The fourth-order valence-corrected chi connectivity index (χ4v) is 5.51. The van der Waals surface area contributed by atoms with Gasteiger partial charge in [0.1, 0.15) is 5.75 Å². The summed E-state index contributed by atoms with van der Waals surface area (Å²) >= 11 is 1.02. The average Bonchev–Trinajstić information content (AvgIpc) is 3.07. The molecule has 7 nitrogen and oxygen atoms in total. The third-order valence-corrected chi connectivity index (χ3v) is 7.45. The lowest BCUT2D eigenvalue weighted by Gasteiger charge is -2.35. The minimum Gasteiger partial charge on any atom is -0.497 e. The molecule has 0 spiro atoms. The Morgan fingerprint density at radius 2 is 1.74 bits per heavy atom. The molecule has 0 saturated carbocycles. The first-order chi connectivity index (χ1) is 13.0. The minimum atomic E-state index is -3.58. The van der Waals surface area contributed by atoms with Crippen LogP contribution in [0.4, 0.5) is 5.69 Å². The van der Waals surface area contributed by atoms with E-state index in [2.05, 4.69) is 9.88 Å². The Hall–Kier alpha value is -2.36. The van der Waals surface area contributed by atoms with E-state index >= 15 is 0 Å². The average molecular weight is 406 g/mol. The van der Waals surface area contributed by atoms with Gasteiger partial charge in [-0.05, 0) is 42.5 Å². The molecule has 0 bridgehead atoms. The second-order valence-electron chi connectivity index (χ2n) is 6.26. The lowest BCUT2D eigenvalue weighted by molar-refractivity contribution is 0.385. The van der Waals surface area contributed by atoms with Crippen molar-refractivity contribution in [3.8, 4) is 5.75 Å². The summed E-state index contributed by atoms with van der Waals surface area (Å²) < 4.78 is 33.3. The molecular weight excluding hydrogens is 386 g/mol. The number of fused-ring (bicyclic) bond motifs is 1. The van der Waals surface area contributed by atoms with Gasteiger partial charge in [0.15, 0.2) is 0 Å². The van der Waals surface area contributed by atoms with Gasteiger partial charge in [-0.25, -0.2) is 8.42 Å². The van der Waals surface area contributed by atoms with Crippen LogP contribution in [0.1, 0.15) is 0 Å². The lowest BCUT2D eigenvalue weighted by Crippen LogP contribution is -2.48. The van der Waals surface area contributed by atoms with Crippen molar-refractivity contribution in [2.24, 2.45) is 0 Å². The zero-order valence-corrected chi connectivity index (χ0v) is 16.3. The van der Waals surface area contributed by atoms with Crippen molar-refractivity contribution >= 4 is 37.3 Å². The number of aromatic nitrogens is 1. The topological polar surface area (TPSA) is 82.7 Å². The van der Waals surface area contributed by atoms with Gasteiger partial charge in [0.25, 0.3) is 0 Å². The molecule has 142 valence electrons. The Morgan fingerprint density at radius 1 is 1.04 bits per heavy atom. The van der Waals surface area contributed by atoms with Crippen molar-refractivity contribution in [3.63, 3.8) is 0 Å². The number of methoxy groups -OCH3 is 1. The highest BCUT2D eigenvalue weighted by Gasteiger charge is 2.29. The summed E-state index contributed by atoms with van der Waals surface area (Å²) in [6.45, 7) is 2.06. The number of anilines is 1. The summed E-state index contributed by atoms with van der Waals surface area (Å²) in [6, 6.07) is 12.5. The SMILES string of the molecule is COc1ccc(N2CCN(S(=O)(=O)c3ccc4[nH]c(=O)sc4c3)CC2)cc1. The normalized spacial score (nSPS) is 16.0. The minimum absolute atomic E-state index is 0.187. The van der Waals surface area contributed by atoms with E-state index < -0.39 is 10.0 Å².